The first-order valence-electron chi connectivity index (χ1n) is 8.74. The first-order chi connectivity index (χ1) is 11.7. The fourth-order valence-electron chi connectivity index (χ4n) is 3.36. The van der Waals surface area contributed by atoms with Crippen molar-refractivity contribution in [2.24, 2.45) is 0 Å². The second kappa shape index (κ2) is 8.04. The number of piperidine rings is 1. The van der Waals surface area contributed by atoms with Crippen LogP contribution >= 0.6 is 0 Å². The third kappa shape index (κ3) is 4.19. The number of benzene rings is 1. The zero-order valence-electron chi connectivity index (χ0n) is 13.9. The molecule has 0 unspecified atom stereocenters. The third-order valence-electron chi connectivity index (χ3n) is 4.63. The molecule has 2 aliphatic rings. The third-order valence-corrected chi connectivity index (χ3v) is 4.63. The van der Waals surface area contributed by atoms with Gasteiger partial charge in [-0.05, 0) is 31.4 Å². The Morgan fingerprint density at radius 1 is 1.25 bits per heavy atom. The number of hydrogen-bond donors (Lipinski definition) is 1. The molecule has 6 heteroatoms. The number of ether oxygens (including phenoxy) is 1. The second-order valence-electron chi connectivity index (χ2n) is 6.33. The van der Waals surface area contributed by atoms with Gasteiger partial charge >= 0.3 is 6.03 Å². The van der Waals surface area contributed by atoms with E-state index in [0.29, 0.717) is 32.5 Å². The summed E-state index contributed by atoms with van der Waals surface area (Å²) in [7, 11) is 0. The highest BCUT2D eigenvalue weighted by Crippen LogP contribution is 2.18. The van der Waals surface area contributed by atoms with Crippen molar-refractivity contribution in [1.29, 1.82) is 0 Å². The van der Waals surface area contributed by atoms with Crippen LogP contribution in [0.5, 0.6) is 5.75 Å². The van der Waals surface area contributed by atoms with Crippen molar-refractivity contribution in [2.75, 3.05) is 32.8 Å². The van der Waals surface area contributed by atoms with Crippen LogP contribution < -0.4 is 10.1 Å². The van der Waals surface area contributed by atoms with E-state index in [1.807, 2.05) is 40.1 Å². The zero-order valence-corrected chi connectivity index (χ0v) is 13.9. The van der Waals surface area contributed by atoms with E-state index >= 15 is 0 Å². The van der Waals surface area contributed by atoms with Crippen molar-refractivity contribution >= 4 is 11.9 Å². The summed E-state index contributed by atoms with van der Waals surface area (Å²) in [6, 6.07) is 9.81. The quantitative estimate of drug-likeness (QED) is 0.810. The van der Waals surface area contributed by atoms with E-state index in [4.69, 9.17) is 4.74 Å². The van der Waals surface area contributed by atoms with Gasteiger partial charge in [-0.3, -0.25) is 4.79 Å². The predicted octanol–water partition coefficient (Wildman–Crippen LogP) is 1.86. The molecule has 24 heavy (non-hydrogen) atoms. The predicted molar refractivity (Wildman–Crippen MR) is 90.9 cm³/mol. The van der Waals surface area contributed by atoms with Crippen molar-refractivity contribution in [1.82, 2.24) is 15.1 Å². The van der Waals surface area contributed by atoms with E-state index in [0.717, 1.165) is 31.7 Å². The number of carbonyl (C=O) groups excluding carboxylic acids is 2. The summed E-state index contributed by atoms with van der Waals surface area (Å²) in [5.74, 6) is 0.999. The number of nitrogens with one attached hydrogen (secondary N) is 1. The van der Waals surface area contributed by atoms with Gasteiger partial charge in [0.25, 0.3) is 0 Å². The fourth-order valence-corrected chi connectivity index (χ4v) is 3.36. The van der Waals surface area contributed by atoms with Gasteiger partial charge in [-0.1, -0.05) is 18.2 Å². The first-order valence-corrected chi connectivity index (χ1v) is 8.74. The van der Waals surface area contributed by atoms with Gasteiger partial charge in [0.05, 0.1) is 12.6 Å². The lowest BCUT2D eigenvalue weighted by Gasteiger charge is -2.37. The van der Waals surface area contributed by atoms with Crippen molar-refractivity contribution in [3.05, 3.63) is 30.3 Å². The Bertz CT molecular complexity index is 564. The molecule has 0 radical (unpaired) electrons. The van der Waals surface area contributed by atoms with E-state index in [1.165, 1.54) is 0 Å². The Morgan fingerprint density at radius 2 is 2.08 bits per heavy atom. The largest absolute Gasteiger partial charge is 0.494 e. The number of nitrogens with zero attached hydrogens (tertiary/aromatic N) is 2. The maximum Gasteiger partial charge on any atom is 0.317 e. The molecule has 3 amide bonds. The number of urea groups is 1. The Balaban J connectivity index is 1.40. The molecule has 1 N–H and O–H groups in total. The van der Waals surface area contributed by atoms with E-state index in [2.05, 4.69) is 5.32 Å². The molecule has 0 saturated carbocycles. The van der Waals surface area contributed by atoms with Gasteiger partial charge in [-0.15, -0.1) is 0 Å². The molecule has 2 heterocycles. The molecule has 2 saturated heterocycles. The highest BCUT2D eigenvalue weighted by molar-refractivity contribution is 5.78. The summed E-state index contributed by atoms with van der Waals surface area (Å²) in [5.41, 5.74) is 0. The molecule has 0 bridgehead atoms. The minimum absolute atomic E-state index is 0.00515. The molecule has 1 aromatic rings. The summed E-state index contributed by atoms with van der Waals surface area (Å²) in [6.45, 7) is 3.45. The minimum Gasteiger partial charge on any atom is -0.494 e. The number of carbonyl (C=O) groups is 2. The van der Waals surface area contributed by atoms with Crippen LogP contribution in [-0.4, -0.2) is 60.6 Å². The van der Waals surface area contributed by atoms with E-state index in [1.54, 1.807) is 0 Å². The highest BCUT2D eigenvalue weighted by Gasteiger charge is 2.32. The minimum atomic E-state index is 0.00515. The average Bonchev–Trinajstić information content (AvgIpc) is 3.05. The monoisotopic (exact) mass is 331 g/mol. The van der Waals surface area contributed by atoms with Crippen molar-refractivity contribution in [3.63, 3.8) is 0 Å². The van der Waals surface area contributed by atoms with Crippen LogP contribution in [0, 0.1) is 0 Å². The van der Waals surface area contributed by atoms with Gasteiger partial charge in [0.15, 0.2) is 0 Å². The van der Waals surface area contributed by atoms with Gasteiger partial charge in [-0.25, -0.2) is 4.79 Å². The molecule has 1 aromatic carbocycles. The Morgan fingerprint density at radius 3 is 2.83 bits per heavy atom. The van der Waals surface area contributed by atoms with Crippen molar-refractivity contribution in [3.8, 4) is 5.75 Å². The summed E-state index contributed by atoms with van der Waals surface area (Å²) in [5, 5.41) is 2.84. The topological polar surface area (TPSA) is 61.9 Å². The Kier molecular flexibility index (Phi) is 5.56. The normalized spacial score (nSPS) is 20.8. The molecular weight excluding hydrogens is 306 g/mol. The van der Waals surface area contributed by atoms with Crippen LogP contribution in [0.3, 0.4) is 0 Å². The number of amides is 3. The van der Waals surface area contributed by atoms with Gasteiger partial charge in [-0.2, -0.15) is 0 Å². The summed E-state index contributed by atoms with van der Waals surface area (Å²) < 4.78 is 5.63. The first kappa shape index (κ1) is 16.6. The standard InChI is InChI=1S/C18H25N3O3/c22-17(9-5-13-24-16-7-2-1-3-8-16)20-11-4-6-15(14-20)21-12-10-19-18(21)23/h1-3,7-8,15H,4-6,9-14H2,(H,19,23)/t15-/m1/s1. The zero-order chi connectivity index (χ0) is 16.8. The van der Waals surface area contributed by atoms with Crippen molar-refractivity contribution in [2.45, 2.75) is 31.7 Å². The summed E-state index contributed by atoms with van der Waals surface area (Å²) in [4.78, 5) is 28.0. The van der Waals surface area contributed by atoms with Crippen LogP contribution in [0.2, 0.25) is 0 Å². The molecule has 0 aliphatic carbocycles. The Hall–Kier alpha value is -2.24. The molecule has 1 atom stereocenters. The Labute approximate surface area is 142 Å². The van der Waals surface area contributed by atoms with Gasteiger partial charge in [0.1, 0.15) is 5.75 Å². The maximum absolute atomic E-state index is 12.4. The molecule has 0 aromatic heterocycles. The molecule has 2 aliphatic heterocycles. The van der Waals surface area contributed by atoms with Crippen LogP contribution in [-0.2, 0) is 4.79 Å². The maximum atomic E-state index is 12.4. The number of para-hydroxylation sites is 1. The van der Waals surface area contributed by atoms with Crippen molar-refractivity contribution < 1.29 is 14.3 Å². The number of hydrogen-bond acceptors (Lipinski definition) is 3. The SMILES string of the molecule is O=C(CCCOc1ccccc1)N1CCC[C@@H](N2CCNC2=O)C1. The lowest BCUT2D eigenvalue weighted by Crippen LogP contribution is -2.50. The lowest BCUT2D eigenvalue weighted by atomic mass is 10.0. The van der Waals surface area contributed by atoms with E-state index in [9.17, 15) is 9.59 Å². The average molecular weight is 331 g/mol. The molecule has 0 spiro atoms. The number of likely N-dealkylation sites (tertiary alicyclic amines) is 1. The van der Waals surface area contributed by atoms with Crippen LogP contribution in [0.25, 0.3) is 0 Å². The van der Waals surface area contributed by atoms with Crippen LogP contribution in [0.15, 0.2) is 30.3 Å². The van der Waals surface area contributed by atoms with Crippen LogP contribution in [0.4, 0.5) is 4.79 Å². The second-order valence-corrected chi connectivity index (χ2v) is 6.33. The van der Waals surface area contributed by atoms with E-state index < -0.39 is 0 Å². The summed E-state index contributed by atoms with van der Waals surface area (Å²) >= 11 is 0. The van der Waals surface area contributed by atoms with Gasteiger partial charge in [0, 0.05) is 32.6 Å². The molecular formula is C18H25N3O3. The van der Waals surface area contributed by atoms with Gasteiger partial charge < -0.3 is 19.9 Å². The smallest absolute Gasteiger partial charge is 0.317 e. The molecule has 2 fully saturated rings. The highest BCUT2D eigenvalue weighted by atomic mass is 16.5. The lowest BCUT2D eigenvalue weighted by molar-refractivity contribution is -0.133. The molecule has 6 nitrogen and oxygen atoms in total. The summed E-state index contributed by atoms with van der Waals surface area (Å²) in [6.07, 6.45) is 3.14. The fraction of sp³-hybridized carbons (Fsp3) is 0.556. The van der Waals surface area contributed by atoms with E-state index in [-0.39, 0.29) is 18.0 Å². The molecule has 130 valence electrons. The van der Waals surface area contributed by atoms with Gasteiger partial charge in [0.2, 0.25) is 5.91 Å². The van der Waals surface area contributed by atoms with Crippen LogP contribution in [0.1, 0.15) is 25.7 Å². The molecule has 3 rings (SSSR count). The number of rotatable bonds is 6.